The van der Waals surface area contributed by atoms with Gasteiger partial charge in [-0.25, -0.2) is 4.79 Å². The number of carbonyl (C=O) groups excluding carboxylic acids is 1. The van der Waals surface area contributed by atoms with Crippen molar-refractivity contribution in [2.45, 2.75) is 13.5 Å². The Kier molecular flexibility index (Phi) is 6.53. The second-order valence-corrected chi connectivity index (χ2v) is 6.80. The molecule has 0 spiro atoms. The number of rotatable bonds is 7. The van der Waals surface area contributed by atoms with Crippen molar-refractivity contribution in [1.29, 1.82) is 0 Å². The quantitative estimate of drug-likeness (QED) is 0.456. The number of methoxy groups -OCH3 is 1. The standard InChI is InChI=1S/C19H16BrClN2O5/c1-3-26-17-14(20)8-12(9-15(17)25-2)19(24)27-10-16-22-23-18(28-16)11-4-6-13(21)7-5-11/h4-9H,3,10H2,1-2H3. The lowest BCUT2D eigenvalue weighted by molar-refractivity contribution is 0.0438. The molecule has 0 atom stereocenters. The van der Waals surface area contributed by atoms with Gasteiger partial charge in [0.15, 0.2) is 18.1 Å². The van der Waals surface area contributed by atoms with Crippen LogP contribution >= 0.6 is 27.5 Å². The largest absolute Gasteiger partial charge is 0.493 e. The highest BCUT2D eigenvalue weighted by Gasteiger charge is 2.17. The van der Waals surface area contributed by atoms with Crippen molar-refractivity contribution in [3.63, 3.8) is 0 Å². The lowest BCUT2D eigenvalue weighted by atomic mass is 10.2. The van der Waals surface area contributed by atoms with Crippen molar-refractivity contribution in [1.82, 2.24) is 10.2 Å². The number of hydrogen-bond acceptors (Lipinski definition) is 7. The summed E-state index contributed by atoms with van der Waals surface area (Å²) < 4.78 is 22.2. The molecule has 0 N–H and O–H groups in total. The lowest BCUT2D eigenvalue weighted by Gasteiger charge is -2.12. The molecule has 0 aliphatic heterocycles. The maximum Gasteiger partial charge on any atom is 0.338 e. The van der Waals surface area contributed by atoms with Crippen molar-refractivity contribution >= 4 is 33.5 Å². The molecule has 3 aromatic rings. The van der Waals surface area contributed by atoms with Crippen LogP contribution in [0.25, 0.3) is 11.5 Å². The van der Waals surface area contributed by atoms with Crippen LogP contribution in [-0.4, -0.2) is 29.9 Å². The van der Waals surface area contributed by atoms with Crippen molar-refractivity contribution in [3.8, 4) is 23.0 Å². The Balaban J connectivity index is 1.69. The van der Waals surface area contributed by atoms with E-state index in [4.69, 9.17) is 30.2 Å². The van der Waals surface area contributed by atoms with Gasteiger partial charge in [0.2, 0.25) is 5.89 Å². The van der Waals surface area contributed by atoms with Crippen molar-refractivity contribution in [3.05, 3.63) is 57.3 Å². The summed E-state index contributed by atoms with van der Waals surface area (Å²) in [5.74, 6) is 0.869. The van der Waals surface area contributed by atoms with Gasteiger partial charge in [-0.2, -0.15) is 0 Å². The van der Waals surface area contributed by atoms with Gasteiger partial charge >= 0.3 is 5.97 Å². The molecule has 0 aliphatic carbocycles. The third-order valence-electron chi connectivity index (χ3n) is 3.64. The molecule has 0 bridgehead atoms. The zero-order chi connectivity index (χ0) is 20.1. The summed E-state index contributed by atoms with van der Waals surface area (Å²) >= 11 is 9.24. The second kappa shape index (κ2) is 9.07. The van der Waals surface area contributed by atoms with Crippen molar-refractivity contribution in [2.75, 3.05) is 13.7 Å². The highest BCUT2D eigenvalue weighted by molar-refractivity contribution is 9.10. The Labute approximate surface area is 174 Å². The molecular formula is C19H16BrClN2O5. The van der Waals surface area contributed by atoms with Gasteiger partial charge in [0.1, 0.15) is 0 Å². The number of esters is 1. The Hall–Kier alpha value is -2.58. The van der Waals surface area contributed by atoms with Gasteiger partial charge in [-0.3, -0.25) is 0 Å². The number of halogens is 2. The maximum atomic E-state index is 12.4. The summed E-state index contributed by atoms with van der Waals surface area (Å²) in [4.78, 5) is 12.4. The number of nitrogens with zero attached hydrogens (tertiary/aromatic N) is 2. The molecule has 7 nitrogen and oxygen atoms in total. The topological polar surface area (TPSA) is 83.7 Å². The fourth-order valence-corrected chi connectivity index (χ4v) is 3.04. The fraction of sp³-hybridized carbons (Fsp3) is 0.211. The Bertz CT molecular complexity index is 975. The van der Waals surface area contributed by atoms with Crippen LogP contribution in [0.15, 0.2) is 45.3 Å². The smallest absolute Gasteiger partial charge is 0.338 e. The Morgan fingerprint density at radius 1 is 1.21 bits per heavy atom. The van der Waals surface area contributed by atoms with E-state index in [2.05, 4.69) is 26.1 Å². The molecule has 146 valence electrons. The lowest BCUT2D eigenvalue weighted by Crippen LogP contribution is -2.07. The predicted octanol–water partition coefficient (Wildman–Crippen LogP) is 4.92. The minimum Gasteiger partial charge on any atom is -0.493 e. The Morgan fingerprint density at radius 3 is 2.64 bits per heavy atom. The molecule has 0 radical (unpaired) electrons. The van der Waals surface area contributed by atoms with Gasteiger partial charge in [-0.15, -0.1) is 10.2 Å². The van der Waals surface area contributed by atoms with Gasteiger partial charge in [0.25, 0.3) is 5.89 Å². The van der Waals surface area contributed by atoms with Crippen LogP contribution in [0.5, 0.6) is 11.5 Å². The van der Waals surface area contributed by atoms with E-state index in [1.807, 2.05) is 6.92 Å². The van der Waals surface area contributed by atoms with Crippen LogP contribution in [0.2, 0.25) is 5.02 Å². The summed E-state index contributed by atoms with van der Waals surface area (Å²) in [5.41, 5.74) is 1.01. The first kappa shape index (κ1) is 20.2. The summed E-state index contributed by atoms with van der Waals surface area (Å²) in [5, 5.41) is 8.44. The summed E-state index contributed by atoms with van der Waals surface area (Å²) in [6.45, 7) is 2.16. The number of aromatic nitrogens is 2. The van der Waals surface area contributed by atoms with Crippen LogP contribution in [0.3, 0.4) is 0 Å². The molecule has 0 aliphatic rings. The highest BCUT2D eigenvalue weighted by atomic mass is 79.9. The van der Waals surface area contributed by atoms with Crippen LogP contribution in [0, 0.1) is 0 Å². The number of carbonyl (C=O) groups is 1. The molecule has 2 aromatic carbocycles. The van der Waals surface area contributed by atoms with Crippen molar-refractivity contribution in [2.24, 2.45) is 0 Å². The molecule has 3 rings (SSSR count). The van der Waals surface area contributed by atoms with E-state index in [0.717, 1.165) is 5.56 Å². The van der Waals surface area contributed by atoms with E-state index in [9.17, 15) is 4.79 Å². The first-order valence-electron chi connectivity index (χ1n) is 8.27. The van der Waals surface area contributed by atoms with Crippen LogP contribution in [0.4, 0.5) is 0 Å². The van der Waals surface area contributed by atoms with E-state index in [-0.39, 0.29) is 12.5 Å². The first-order valence-corrected chi connectivity index (χ1v) is 9.44. The zero-order valence-corrected chi connectivity index (χ0v) is 17.4. The predicted molar refractivity (Wildman–Crippen MR) is 106 cm³/mol. The molecule has 1 heterocycles. The minimum absolute atomic E-state index is 0.160. The van der Waals surface area contributed by atoms with Gasteiger partial charge in [0.05, 0.1) is 23.8 Å². The van der Waals surface area contributed by atoms with Crippen molar-refractivity contribution < 1.29 is 23.4 Å². The van der Waals surface area contributed by atoms with E-state index < -0.39 is 5.97 Å². The zero-order valence-electron chi connectivity index (χ0n) is 15.1. The SMILES string of the molecule is CCOc1c(Br)cc(C(=O)OCc2nnc(-c3ccc(Cl)cc3)o2)cc1OC. The number of hydrogen-bond donors (Lipinski definition) is 0. The molecule has 0 saturated carbocycles. The van der Waals surface area contributed by atoms with E-state index in [0.29, 0.717) is 39.1 Å². The number of benzene rings is 2. The van der Waals surface area contributed by atoms with Gasteiger partial charge in [0, 0.05) is 10.6 Å². The molecule has 9 heteroatoms. The average Bonchev–Trinajstić information content (AvgIpc) is 3.17. The minimum atomic E-state index is -0.562. The average molecular weight is 468 g/mol. The monoisotopic (exact) mass is 466 g/mol. The third kappa shape index (κ3) is 4.63. The highest BCUT2D eigenvalue weighted by Crippen LogP contribution is 2.36. The first-order chi connectivity index (χ1) is 13.5. The summed E-state index contributed by atoms with van der Waals surface area (Å²) in [6.07, 6.45) is 0. The third-order valence-corrected chi connectivity index (χ3v) is 4.48. The molecule has 0 amide bonds. The molecule has 0 unspecified atom stereocenters. The number of ether oxygens (including phenoxy) is 3. The fourth-order valence-electron chi connectivity index (χ4n) is 2.35. The second-order valence-electron chi connectivity index (χ2n) is 5.51. The van der Waals surface area contributed by atoms with E-state index >= 15 is 0 Å². The molecule has 1 aromatic heterocycles. The van der Waals surface area contributed by atoms with E-state index in [1.54, 1.807) is 36.4 Å². The van der Waals surface area contributed by atoms with E-state index in [1.165, 1.54) is 7.11 Å². The van der Waals surface area contributed by atoms with Gasteiger partial charge in [-0.05, 0) is 59.3 Å². The molecular weight excluding hydrogens is 452 g/mol. The molecule has 0 fully saturated rings. The normalized spacial score (nSPS) is 10.6. The van der Waals surface area contributed by atoms with Gasteiger partial charge < -0.3 is 18.6 Å². The Morgan fingerprint density at radius 2 is 1.96 bits per heavy atom. The van der Waals surface area contributed by atoms with Crippen LogP contribution < -0.4 is 9.47 Å². The maximum absolute atomic E-state index is 12.4. The molecule has 0 saturated heterocycles. The van der Waals surface area contributed by atoms with Crippen LogP contribution in [-0.2, 0) is 11.3 Å². The summed E-state index contributed by atoms with van der Waals surface area (Å²) in [7, 11) is 1.50. The molecule has 28 heavy (non-hydrogen) atoms. The van der Waals surface area contributed by atoms with Gasteiger partial charge in [-0.1, -0.05) is 11.6 Å². The summed E-state index contributed by atoms with van der Waals surface area (Å²) in [6, 6.07) is 10.1. The van der Waals surface area contributed by atoms with Crippen LogP contribution in [0.1, 0.15) is 23.2 Å².